The van der Waals surface area contributed by atoms with E-state index in [1.165, 1.54) is 16.7 Å². The Balaban J connectivity index is 2.12. The summed E-state index contributed by atoms with van der Waals surface area (Å²) in [6.45, 7) is 4.43. The van der Waals surface area contributed by atoms with Crippen LogP contribution in [-0.2, 0) is 0 Å². The van der Waals surface area contributed by atoms with Crippen LogP contribution in [0.2, 0.25) is 0 Å². The lowest BCUT2D eigenvalue weighted by molar-refractivity contribution is 0.866. The lowest BCUT2D eigenvalue weighted by atomic mass is 10.0. The monoisotopic (exact) mass is 222 g/mol. The van der Waals surface area contributed by atoms with Gasteiger partial charge in [0, 0.05) is 0 Å². The van der Waals surface area contributed by atoms with Crippen LogP contribution in [0.3, 0.4) is 0 Å². The van der Waals surface area contributed by atoms with Crippen LogP contribution >= 0.6 is 0 Å². The van der Waals surface area contributed by atoms with Gasteiger partial charge in [0.25, 0.3) is 0 Å². The molecule has 0 bridgehead atoms. The first kappa shape index (κ1) is 11.7. The molecule has 0 saturated heterocycles. The van der Waals surface area contributed by atoms with E-state index in [0.29, 0.717) is 5.92 Å². The van der Waals surface area contributed by atoms with Crippen LogP contribution in [-0.4, -0.2) is 0 Å². The third-order valence-corrected chi connectivity index (χ3v) is 2.87. The van der Waals surface area contributed by atoms with Gasteiger partial charge in [0.1, 0.15) is 0 Å². The molecule has 0 unspecified atom stereocenters. The van der Waals surface area contributed by atoms with Gasteiger partial charge in [0.05, 0.1) is 0 Å². The van der Waals surface area contributed by atoms with E-state index in [1.54, 1.807) is 0 Å². The zero-order valence-electron chi connectivity index (χ0n) is 10.4. The summed E-state index contributed by atoms with van der Waals surface area (Å²) in [4.78, 5) is 0. The second-order valence-corrected chi connectivity index (χ2v) is 4.57. The Morgan fingerprint density at radius 3 is 1.76 bits per heavy atom. The largest absolute Gasteiger partial charge is 0.0622 e. The van der Waals surface area contributed by atoms with Crippen molar-refractivity contribution in [3.63, 3.8) is 0 Å². The summed E-state index contributed by atoms with van der Waals surface area (Å²) >= 11 is 0. The molecule has 0 aromatic heterocycles. The Hall–Kier alpha value is -1.82. The van der Waals surface area contributed by atoms with Crippen LogP contribution in [0.5, 0.6) is 0 Å². The Morgan fingerprint density at radius 2 is 1.24 bits per heavy atom. The average molecular weight is 222 g/mol. The summed E-state index contributed by atoms with van der Waals surface area (Å²) < 4.78 is 0. The highest BCUT2D eigenvalue weighted by atomic mass is 14.0. The van der Waals surface area contributed by atoms with Gasteiger partial charge in [-0.1, -0.05) is 80.6 Å². The molecule has 0 heterocycles. The van der Waals surface area contributed by atoms with Crippen LogP contribution < -0.4 is 0 Å². The maximum atomic E-state index is 2.22. The van der Waals surface area contributed by atoms with E-state index in [-0.39, 0.29) is 0 Å². The maximum absolute atomic E-state index is 2.22. The first-order valence-corrected chi connectivity index (χ1v) is 6.09. The van der Waals surface area contributed by atoms with Crippen LogP contribution in [0.25, 0.3) is 12.2 Å². The molecule has 0 saturated carbocycles. The first-order chi connectivity index (χ1) is 8.25. The summed E-state index contributed by atoms with van der Waals surface area (Å²) in [5.74, 6) is 0.599. The third kappa shape index (κ3) is 3.32. The number of hydrogen-bond donors (Lipinski definition) is 0. The highest BCUT2D eigenvalue weighted by Crippen LogP contribution is 2.16. The van der Waals surface area contributed by atoms with Crippen molar-refractivity contribution in [3.8, 4) is 0 Å². The molecule has 0 N–H and O–H groups in total. The van der Waals surface area contributed by atoms with E-state index in [9.17, 15) is 0 Å². The number of hydrogen-bond acceptors (Lipinski definition) is 0. The molecular formula is C17H18. The number of rotatable bonds is 3. The van der Waals surface area contributed by atoms with Crippen molar-refractivity contribution in [3.05, 3.63) is 71.3 Å². The van der Waals surface area contributed by atoms with Crippen molar-refractivity contribution >= 4 is 12.2 Å². The minimum atomic E-state index is 0.599. The lowest BCUT2D eigenvalue weighted by Gasteiger charge is -2.04. The van der Waals surface area contributed by atoms with Crippen molar-refractivity contribution in [2.45, 2.75) is 19.8 Å². The minimum absolute atomic E-state index is 0.599. The summed E-state index contributed by atoms with van der Waals surface area (Å²) in [7, 11) is 0. The fraction of sp³-hybridized carbons (Fsp3) is 0.176. The normalized spacial score (nSPS) is 11.2. The van der Waals surface area contributed by atoms with Gasteiger partial charge in [-0.3, -0.25) is 0 Å². The molecule has 0 atom stereocenters. The highest BCUT2D eigenvalue weighted by molar-refractivity contribution is 5.69. The van der Waals surface area contributed by atoms with Crippen LogP contribution in [0.15, 0.2) is 54.6 Å². The second kappa shape index (κ2) is 5.49. The summed E-state index contributed by atoms with van der Waals surface area (Å²) in [6.07, 6.45) is 4.30. The van der Waals surface area contributed by atoms with Gasteiger partial charge in [0.15, 0.2) is 0 Å². The van der Waals surface area contributed by atoms with E-state index < -0.39 is 0 Å². The Morgan fingerprint density at radius 1 is 0.706 bits per heavy atom. The minimum Gasteiger partial charge on any atom is -0.0622 e. The Bertz CT molecular complexity index is 475. The predicted molar refractivity (Wildman–Crippen MR) is 75.9 cm³/mol. The Kier molecular flexibility index (Phi) is 3.77. The van der Waals surface area contributed by atoms with Crippen LogP contribution in [0, 0.1) is 0 Å². The molecule has 2 aromatic rings. The van der Waals surface area contributed by atoms with Crippen LogP contribution in [0.1, 0.15) is 36.5 Å². The summed E-state index contributed by atoms with van der Waals surface area (Å²) in [6, 6.07) is 19.1. The maximum Gasteiger partial charge on any atom is -0.0219 e. The number of benzene rings is 2. The molecule has 86 valence electrons. The van der Waals surface area contributed by atoms with Gasteiger partial charge in [-0.25, -0.2) is 0 Å². The molecule has 0 aliphatic heterocycles. The van der Waals surface area contributed by atoms with Crippen molar-refractivity contribution in [2.24, 2.45) is 0 Å². The zero-order chi connectivity index (χ0) is 12.1. The second-order valence-electron chi connectivity index (χ2n) is 4.57. The van der Waals surface area contributed by atoms with Gasteiger partial charge in [-0.2, -0.15) is 0 Å². The molecule has 0 fully saturated rings. The molecule has 0 aliphatic carbocycles. The quantitative estimate of drug-likeness (QED) is 0.642. The fourth-order valence-corrected chi connectivity index (χ4v) is 1.75. The van der Waals surface area contributed by atoms with E-state index in [1.807, 2.05) is 6.07 Å². The lowest BCUT2D eigenvalue weighted by Crippen LogP contribution is -1.85. The van der Waals surface area contributed by atoms with Gasteiger partial charge in [-0.15, -0.1) is 0 Å². The van der Waals surface area contributed by atoms with Crippen molar-refractivity contribution in [2.75, 3.05) is 0 Å². The van der Waals surface area contributed by atoms with Gasteiger partial charge in [0.2, 0.25) is 0 Å². The zero-order valence-corrected chi connectivity index (χ0v) is 10.4. The smallest absolute Gasteiger partial charge is 0.0219 e. The summed E-state index contributed by atoms with van der Waals surface area (Å²) in [5.41, 5.74) is 3.88. The SMILES string of the molecule is CC(C)c1ccc(/C=C\c2ccccc2)cc1. The van der Waals surface area contributed by atoms with E-state index >= 15 is 0 Å². The first-order valence-electron chi connectivity index (χ1n) is 6.09. The molecule has 17 heavy (non-hydrogen) atoms. The molecule has 0 amide bonds. The van der Waals surface area contributed by atoms with Gasteiger partial charge < -0.3 is 0 Å². The van der Waals surface area contributed by atoms with Gasteiger partial charge in [-0.05, 0) is 22.6 Å². The van der Waals surface area contributed by atoms with Crippen LogP contribution in [0.4, 0.5) is 0 Å². The molecule has 2 aromatic carbocycles. The van der Waals surface area contributed by atoms with E-state index in [2.05, 4.69) is 74.5 Å². The molecule has 0 heteroatoms. The molecule has 0 nitrogen and oxygen atoms in total. The van der Waals surface area contributed by atoms with E-state index in [4.69, 9.17) is 0 Å². The molecular weight excluding hydrogens is 204 g/mol. The highest BCUT2D eigenvalue weighted by Gasteiger charge is 1.96. The van der Waals surface area contributed by atoms with E-state index in [0.717, 1.165) is 0 Å². The molecule has 0 aliphatic rings. The fourth-order valence-electron chi connectivity index (χ4n) is 1.75. The summed E-state index contributed by atoms with van der Waals surface area (Å²) in [5, 5.41) is 0. The average Bonchev–Trinajstić information content (AvgIpc) is 2.38. The van der Waals surface area contributed by atoms with Crippen molar-refractivity contribution in [1.82, 2.24) is 0 Å². The van der Waals surface area contributed by atoms with Gasteiger partial charge >= 0.3 is 0 Å². The molecule has 2 rings (SSSR count). The topological polar surface area (TPSA) is 0 Å². The predicted octanol–water partition coefficient (Wildman–Crippen LogP) is 4.98. The third-order valence-electron chi connectivity index (χ3n) is 2.87. The standard InChI is InChI=1S/C17H18/c1-14(2)17-12-10-16(11-13-17)9-8-15-6-4-3-5-7-15/h3-14H,1-2H3/b9-8-. The Labute approximate surface area is 104 Å². The molecule has 0 radical (unpaired) electrons. The van der Waals surface area contributed by atoms with Crippen molar-refractivity contribution in [1.29, 1.82) is 0 Å². The molecule has 0 spiro atoms. The van der Waals surface area contributed by atoms with Crippen molar-refractivity contribution < 1.29 is 0 Å².